The fourth-order valence-corrected chi connectivity index (χ4v) is 7.79. The number of nitrogens with zero attached hydrogens (tertiary/aromatic N) is 1. The van der Waals surface area contributed by atoms with Crippen LogP contribution in [-0.4, -0.2) is 30.4 Å². The van der Waals surface area contributed by atoms with Gasteiger partial charge >= 0.3 is 0 Å². The Morgan fingerprint density at radius 2 is 1.51 bits per heavy atom. The maximum absolute atomic E-state index is 6.43. The van der Waals surface area contributed by atoms with Crippen LogP contribution in [0.25, 0.3) is 0 Å². The summed E-state index contributed by atoms with van der Waals surface area (Å²) in [4.78, 5) is 2.69. The molecule has 0 bridgehead atoms. The predicted octanol–water partition coefficient (Wildman–Crippen LogP) is 7.87. The van der Waals surface area contributed by atoms with Gasteiger partial charge in [0.15, 0.2) is 5.79 Å². The van der Waals surface area contributed by atoms with E-state index in [2.05, 4.69) is 86.3 Å². The quantitative estimate of drug-likeness (QED) is 0.344. The monoisotopic (exact) mass is 501 g/mol. The summed E-state index contributed by atoms with van der Waals surface area (Å²) in [7, 11) is 0. The van der Waals surface area contributed by atoms with Gasteiger partial charge in [-0.3, -0.25) is 4.90 Å². The minimum atomic E-state index is -0.436. The molecule has 3 heteroatoms. The third-order valence-corrected chi connectivity index (χ3v) is 9.65. The summed E-state index contributed by atoms with van der Waals surface area (Å²) in [6, 6.07) is 22.0. The molecule has 3 nitrogen and oxygen atoms in total. The van der Waals surface area contributed by atoms with Crippen molar-refractivity contribution in [2.75, 3.05) is 19.8 Å². The summed E-state index contributed by atoms with van der Waals surface area (Å²) >= 11 is 0. The van der Waals surface area contributed by atoms with Crippen molar-refractivity contribution in [2.45, 2.75) is 78.2 Å². The number of rotatable bonds is 8. The van der Waals surface area contributed by atoms with Crippen LogP contribution in [0.2, 0.25) is 0 Å². The van der Waals surface area contributed by atoms with Crippen LogP contribution in [0.3, 0.4) is 0 Å². The summed E-state index contributed by atoms with van der Waals surface area (Å²) in [5, 5.41) is 0. The number of ether oxygens (including phenoxy) is 2. The van der Waals surface area contributed by atoms with E-state index in [1.807, 2.05) is 0 Å². The minimum absolute atomic E-state index is 0.0181. The first kappa shape index (κ1) is 26.7. The largest absolute Gasteiger partial charge is 0.347 e. The van der Waals surface area contributed by atoms with Crippen LogP contribution < -0.4 is 0 Å². The highest BCUT2D eigenvalue weighted by Crippen LogP contribution is 2.59. The van der Waals surface area contributed by atoms with Crippen LogP contribution in [0.5, 0.6) is 0 Å². The van der Waals surface area contributed by atoms with Crippen molar-refractivity contribution in [3.8, 4) is 0 Å². The first-order valence-electron chi connectivity index (χ1n) is 14.7. The van der Waals surface area contributed by atoms with Crippen LogP contribution in [0.4, 0.5) is 0 Å². The van der Waals surface area contributed by atoms with Crippen molar-refractivity contribution >= 4 is 0 Å². The van der Waals surface area contributed by atoms with Gasteiger partial charge in [-0.25, -0.2) is 0 Å². The Morgan fingerprint density at radius 3 is 2.08 bits per heavy atom. The molecular formula is C34H47NO2. The molecule has 0 radical (unpaired) electrons. The lowest BCUT2D eigenvalue weighted by atomic mass is 9.52. The molecule has 1 heterocycles. The molecule has 1 aliphatic heterocycles. The molecule has 3 aliphatic rings. The second-order valence-corrected chi connectivity index (χ2v) is 12.6. The fourth-order valence-electron chi connectivity index (χ4n) is 7.79. The van der Waals surface area contributed by atoms with Crippen molar-refractivity contribution in [2.24, 2.45) is 29.1 Å². The molecule has 2 aliphatic carbocycles. The van der Waals surface area contributed by atoms with E-state index in [9.17, 15) is 0 Å². The Kier molecular flexibility index (Phi) is 8.24. The Balaban J connectivity index is 1.55. The van der Waals surface area contributed by atoms with E-state index in [1.165, 1.54) is 36.0 Å². The Bertz CT molecular complexity index is 971. The zero-order chi connectivity index (χ0) is 25.9. The molecule has 1 saturated heterocycles. The summed E-state index contributed by atoms with van der Waals surface area (Å²) in [6.45, 7) is 16.5. The average Bonchev–Trinajstić information content (AvgIpc) is 3.35. The summed E-state index contributed by atoms with van der Waals surface area (Å²) < 4.78 is 12.9. The first-order chi connectivity index (χ1) is 17.9. The second kappa shape index (κ2) is 11.4. The molecule has 2 aromatic rings. The van der Waals surface area contributed by atoms with Crippen molar-refractivity contribution in [1.29, 1.82) is 0 Å². The van der Waals surface area contributed by atoms with E-state index >= 15 is 0 Å². The maximum atomic E-state index is 6.43. The summed E-state index contributed by atoms with van der Waals surface area (Å²) in [5.74, 6) is 2.29. The summed E-state index contributed by atoms with van der Waals surface area (Å²) in [5.41, 5.74) is 4.16. The Labute approximate surface area is 225 Å². The predicted molar refractivity (Wildman–Crippen MR) is 152 cm³/mol. The van der Waals surface area contributed by atoms with Crippen molar-refractivity contribution in [1.82, 2.24) is 4.90 Å². The maximum Gasteiger partial charge on any atom is 0.169 e. The van der Waals surface area contributed by atoms with Crippen LogP contribution in [0, 0.1) is 29.1 Å². The molecule has 5 rings (SSSR count). The molecule has 37 heavy (non-hydrogen) atoms. The summed E-state index contributed by atoms with van der Waals surface area (Å²) in [6.07, 6.45) is 6.84. The third kappa shape index (κ3) is 5.90. The van der Waals surface area contributed by atoms with Gasteiger partial charge in [0, 0.05) is 37.9 Å². The lowest BCUT2D eigenvalue weighted by Crippen LogP contribution is -2.55. The van der Waals surface area contributed by atoms with Crippen molar-refractivity contribution in [3.05, 3.63) is 83.9 Å². The number of hydrogen-bond donors (Lipinski definition) is 0. The molecule has 1 spiro atoms. The first-order valence-corrected chi connectivity index (χ1v) is 14.7. The lowest BCUT2D eigenvalue weighted by Gasteiger charge is -2.56. The van der Waals surface area contributed by atoms with Crippen molar-refractivity contribution < 1.29 is 9.47 Å². The van der Waals surface area contributed by atoms with E-state index in [0.29, 0.717) is 17.8 Å². The normalized spacial score (nSPS) is 29.9. The standard InChI is InChI=1S/C34H47NO2/c1-26(2)31-16-15-27(3)21-32(31)33(24-34(18-17-28(33)4)36-19-20-37-34)25-35(22-29-11-7-5-8-12-29)23-30-13-9-6-10-14-30/h5-14,26-27,31-32H,4,15-25H2,1-3H3. The highest BCUT2D eigenvalue weighted by molar-refractivity contribution is 5.23. The topological polar surface area (TPSA) is 21.7 Å². The van der Waals surface area contributed by atoms with Gasteiger partial charge in [0.1, 0.15) is 0 Å². The van der Waals surface area contributed by atoms with E-state index in [-0.39, 0.29) is 5.41 Å². The van der Waals surface area contributed by atoms with Gasteiger partial charge in [-0.15, -0.1) is 0 Å². The number of hydrogen-bond acceptors (Lipinski definition) is 3. The van der Waals surface area contributed by atoms with E-state index in [0.717, 1.165) is 58.0 Å². The molecule has 200 valence electrons. The highest BCUT2D eigenvalue weighted by Gasteiger charge is 2.56. The van der Waals surface area contributed by atoms with Crippen LogP contribution in [0.1, 0.15) is 70.4 Å². The molecule has 2 aromatic carbocycles. The second-order valence-electron chi connectivity index (χ2n) is 12.6. The van der Waals surface area contributed by atoms with Crippen LogP contribution in [-0.2, 0) is 22.6 Å². The van der Waals surface area contributed by atoms with Crippen LogP contribution in [0.15, 0.2) is 72.8 Å². The molecule has 3 fully saturated rings. The van der Waals surface area contributed by atoms with Gasteiger partial charge in [0.25, 0.3) is 0 Å². The molecule has 0 N–H and O–H groups in total. The number of benzene rings is 2. The fraction of sp³-hybridized carbons (Fsp3) is 0.588. The van der Waals surface area contributed by atoms with E-state index in [4.69, 9.17) is 16.1 Å². The average molecular weight is 502 g/mol. The zero-order valence-corrected chi connectivity index (χ0v) is 23.3. The van der Waals surface area contributed by atoms with Crippen LogP contribution >= 0.6 is 0 Å². The molecule has 4 unspecified atom stereocenters. The molecule has 0 aromatic heterocycles. The van der Waals surface area contributed by atoms with E-state index < -0.39 is 5.79 Å². The molecule has 2 saturated carbocycles. The third-order valence-electron chi connectivity index (χ3n) is 9.65. The molecule has 0 amide bonds. The highest BCUT2D eigenvalue weighted by atomic mass is 16.7. The van der Waals surface area contributed by atoms with Gasteiger partial charge < -0.3 is 9.47 Å². The van der Waals surface area contributed by atoms with Crippen molar-refractivity contribution in [3.63, 3.8) is 0 Å². The van der Waals surface area contributed by atoms with E-state index in [1.54, 1.807) is 0 Å². The van der Waals surface area contributed by atoms with Gasteiger partial charge in [-0.2, -0.15) is 0 Å². The zero-order valence-electron chi connectivity index (χ0n) is 23.3. The molecule has 4 atom stereocenters. The van der Waals surface area contributed by atoms with Gasteiger partial charge in [0.05, 0.1) is 13.2 Å². The van der Waals surface area contributed by atoms with Gasteiger partial charge in [-0.05, 0) is 54.1 Å². The molecular weight excluding hydrogens is 454 g/mol. The minimum Gasteiger partial charge on any atom is -0.347 e. The van der Waals surface area contributed by atoms with Gasteiger partial charge in [0.2, 0.25) is 0 Å². The lowest BCUT2D eigenvalue weighted by molar-refractivity contribution is -0.206. The smallest absolute Gasteiger partial charge is 0.169 e. The van der Waals surface area contributed by atoms with Gasteiger partial charge in [-0.1, -0.05) is 100 Å². The SMILES string of the molecule is C=C1CCC2(CC1(CN(Cc1ccccc1)Cc1ccccc1)C1CC(C)CCC1C(C)C)OCCO2. The Hall–Kier alpha value is -1.94. The Morgan fingerprint density at radius 1 is 0.919 bits per heavy atom.